The molecule has 0 radical (unpaired) electrons. The summed E-state index contributed by atoms with van der Waals surface area (Å²) in [5.41, 5.74) is 1.17. The van der Waals surface area contributed by atoms with E-state index in [-0.39, 0.29) is 23.4 Å². The van der Waals surface area contributed by atoms with Crippen molar-refractivity contribution in [3.63, 3.8) is 0 Å². The van der Waals surface area contributed by atoms with E-state index in [9.17, 15) is 19.7 Å². The first-order chi connectivity index (χ1) is 20.8. The minimum absolute atomic E-state index is 0.0891. The van der Waals surface area contributed by atoms with Gasteiger partial charge in [0.15, 0.2) is 4.80 Å². The number of allylic oxidation sites excluding steroid dienone is 1. The van der Waals surface area contributed by atoms with Gasteiger partial charge in [0.25, 0.3) is 11.2 Å². The fourth-order valence-electron chi connectivity index (χ4n) is 5.35. The highest BCUT2D eigenvalue weighted by Gasteiger charge is 2.36. The molecule has 0 amide bonds. The molecule has 0 saturated heterocycles. The number of benzene rings is 3. The van der Waals surface area contributed by atoms with Crippen molar-refractivity contribution in [1.29, 1.82) is 0 Å². The van der Waals surface area contributed by atoms with Gasteiger partial charge in [-0.15, -0.1) is 0 Å². The quantitative estimate of drug-likeness (QED) is 0.145. The summed E-state index contributed by atoms with van der Waals surface area (Å²) in [6.07, 6.45) is 1.57. The molecule has 10 nitrogen and oxygen atoms in total. The molecule has 43 heavy (non-hydrogen) atoms. The highest BCUT2D eigenvalue weighted by Crippen LogP contribution is 2.40. The van der Waals surface area contributed by atoms with E-state index in [1.807, 2.05) is 36.4 Å². The number of hydrogen-bond acceptors (Lipinski definition) is 9. The number of methoxy groups -OCH3 is 1. The minimum Gasteiger partial charge on any atom is -0.496 e. The smallest absolute Gasteiger partial charge is 0.338 e. The van der Waals surface area contributed by atoms with Gasteiger partial charge in [0.1, 0.15) is 23.3 Å². The van der Waals surface area contributed by atoms with Crippen molar-refractivity contribution in [3.05, 3.63) is 125 Å². The van der Waals surface area contributed by atoms with Gasteiger partial charge in [-0.05, 0) is 48.9 Å². The topological polar surface area (TPSA) is 126 Å². The molecule has 0 N–H and O–H groups in total. The number of fused-ring (bicyclic) bond motifs is 2. The molecular formula is C32H25N3O7S. The van der Waals surface area contributed by atoms with Gasteiger partial charge >= 0.3 is 5.97 Å². The molecular weight excluding hydrogens is 570 g/mol. The predicted octanol–water partition coefficient (Wildman–Crippen LogP) is 5.13. The van der Waals surface area contributed by atoms with Gasteiger partial charge in [-0.3, -0.25) is 19.5 Å². The van der Waals surface area contributed by atoms with Crippen LogP contribution in [0, 0.1) is 10.1 Å². The summed E-state index contributed by atoms with van der Waals surface area (Å²) in [5, 5.41) is 13.3. The Morgan fingerprint density at radius 3 is 2.65 bits per heavy atom. The molecule has 1 unspecified atom stereocenters. The molecule has 11 heteroatoms. The van der Waals surface area contributed by atoms with Crippen LogP contribution in [0.3, 0.4) is 0 Å². The number of furan rings is 1. The molecule has 1 atom stereocenters. The highest BCUT2D eigenvalue weighted by atomic mass is 32.1. The molecule has 1 aliphatic heterocycles. The molecule has 0 saturated carbocycles. The van der Waals surface area contributed by atoms with Crippen molar-refractivity contribution < 1.29 is 23.6 Å². The van der Waals surface area contributed by atoms with E-state index in [4.69, 9.17) is 13.9 Å². The lowest BCUT2D eigenvalue weighted by Crippen LogP contribution is -2.40. The Hall–Kier alpha value is -5.29. The fourth-order valence-corrected chi connectivity index (χ4v) is 6.37. The third-order valence-corrected chi connectivity index (χ3v) is 8.19. The minimum atomic E-state index is -0.877. The number of carbonyl (C=O) groups is 1. The molecule has 0 bridgehead atoms. The van der Waals surface area contributed by atoms with E-state index in [2.05, 4.69) is 4.99 Å². The van der Waals surface area contributed by atoms with Gasteiger partial charge in [-0.1, -0.05) is 53.8 Å². The van der Waals surface area contributed by atoms with Gasteiger partial charge in [0.2, 0.25) is 0 Å². The lowest BCUT2D eigenvalue weighted by molar-refractivity contribution is -0.384. The number of thiazole rings is 1. The van der Waals surface area contributed by atoms with E-state index in [0.29, 0.717) is 43.4 Å². The van der Waals surface area contributed by atoms with E-state index in [1.165, 1.54) is 10.6 Å². The standard InChI is InChI=1S/C32H25N3O7S/c1-4-41-31(37)27-18(2)33-32-34(29(27)28-21-10-6-5-9-19(21)13-15-25(28)40-3)30(36)26(43-32)17-20-14-16-24(42-20)22-11-7-8-12-23(22)35(38)39/h5-17,29H,4H2,1-3H3/b26-17-. The third kappa shape index (κ3) is 4.83. The molecule has 0 aliphatic carbocycles. The average molecular weight is 596 g/mol. The Balaban J connectivity index is 1.56. The molecule has 3 aromatic carbocycles. The first-order valence-electron chi connectivity index (χ1n) is 13.4. The summed E-state index contributed by atoms with van der Waals surface area (Å²) in [6.45, 7) is 3.59. The molecule has 0 spiro atoms. The monoisotopic (exact) mass is 595 g/mol. The predicted molar refractivity (Wildman–Crippen MR) is 162 cm³/mol. The molecule has 0 fully saturated rings. The number of nitrogens with zero attached hydrogens (tertiary/aromatic N) is 3. The normalized spacial score (nSPS) is 14.9. The van der Waals surface area contributed by atoms with Crippen molar-refractivity contribution in [2.45, 2.75) is 19.9 Å². The lowest BCUT2D eigenvalue weighted by Gasteiger charge is -2.27. The first-order valence-corrected chi connectivity index (χ1v) is 14.2. The Bertz CT molecular complexity index is 2140. The largest absolute Gasteiger partial charge is 0.496 e. The molecule has 6 rings (SSSR count). The molecule has 5 aromatic rings. The zero-order chi connectivity index (χ0) is 30.2. The Morgan fingerprint density at radius 2 is 1.88 bits per heavy atom. The second kappa shape index (κ2) is 11.2. The van der Waals surface area contributed by atoms with Crippen LogP contribution < -0.4 is 19.6 Å². The van der Waals surface area contributed by atoms with Crippen molar-refractivity contribution in [1.82, 2.24) is 4.57 Å². The van der Waals surface area contributed by atoms with Crippen LogP contribution in [0.1, 0.15) is 31.2 Å². The second-order valence-electron chi connectivity index (χ2n) is 9.68. The van der Waals surface area contributed by atoms with E-state index < -0.39 is 16.9 Å². The number of hydrogen-bond donors (Lipinski definition) is 0. The summed E-state index contributed by atoms with van der Waals surface area (Å²) in [7, 11) is 1.55. The molecule has 1 aliphatic rings. The number of nitro benzene ring substituents is 1. The Morgan fingerprint density at radius 1 is 1.12 bits per heavy atom. The first kappa shape index (κ1) is 27.9. The Labute approximate surface area is 248 Å². The SMILES string of the molecule is CCOC(=O)C1=C(C)N=c2s/c(=C\c3ccc(-c4ccccc4[N+](=O)[O-])o3)c(=O)n2C1c1c(OC)ccc2ccccc12. The number of esters is 1. The second-order valence-corrected chi connectivity index (χ2v) is 10.7. The van der Waals surface area contributed by atoms with E-state index in [1.54, 1.807) is 57.4 Å². The maximum atomic E-state index is 14.1. The van der Waals surface area contributed by atoms with Crippen LogP contribution in [0.5, 0.6) is 5.75 Å². The summed E-state index contributed by atoms with van der Waals surface area (Å²) < 4.78 is 18.9. The van der Waals surface area contributed by atoms with Crippen molar-refractivity contribution in [3.8, 4) is 17.1 Å². The maximum absolute atomic E-state index is 14.1. The van der Waals surface area contributed by atoms with Crippen molar-refractivity contribution in [2.75, 3.05) is 13.7 Å². The van der Waals surface area contributed by atoms with E-state index in [0.717, 1.165) is 22.1 Å². The molecule has 2 aromatic heterocycles. The van der Waals surface area contributed by atoms with Crippen LogP contribution in [-0.4, -0.2) is 29.2 Å². The van der Waals surface area contributed by atoms with Crippen molar-refractivity contribution in [2.24, 2.45) is 4.99 Å². The summed E-state index contributed by atoms with van der Waals surface area (Å²) in [4.78, 5) is 43.6. The lowest BCUT2D eigenvalue weighted by atomic mass is 9.90. The Kier molecular flexibility index (Phi) is 7.24. The van der Waals surface area contributed by atoms with E-state index >= 15 is 0 Å². The van der Waals surface area contributed by atoms with Crippen LogP contribution in [0.25, 0.3) is 28.2 Å². The zero-order valence-corrected chi connectivity index (χ0v) is 24.2. The number of aromatic nitrogens is 1. The fraction of sp³-hybridized carbons (Fsp3) is 0.156. The highest BCUT2D eigenvalue weighted by molar-refractivity contribution is 7.07. The van der Waals surface area contributed by atoms with Gasteiger partial charge in [-0.2, -0.15) is 0 Å². The van der Waals surface area contributed by atoms with Crippen LogP contribution in [-0.2, 0) is 9.53 Å². The van der Waals surface area contributed by atoms with Crippen LogP contribution in [0.2, 0.25) is 0 Å². The number of rotatable bonds is 7. The average Bonchev–Trinajstić information content (AvgIpc) is 3.59. The van der Waals surface area contributed by atoms with Crippen LogP contribution in [0.4, 0.5) is 5.69 Å². The number of para-hydroxylation sites is 1. The van der Waals surface area contributed by atoms with Gasteiger partial charge in [0, 0.05) is 17.7 Å². The van der Waals surface area contributed by atoms with Crippen molar-refractivity contribution >= 4 is 39.8 Å². The summed E-state index contributed by atoms with van der Waals surface area (Å²) in [6, 6.07) is 20.1. The van der Waals surface area contributed by atoms with Gasteiger partial charge in [-0.25, -0.2) is 9.79 Å². The molecule has 3 heterocycles. The van der Waals surface area contributed by atoms with Gasteiger partial charge in [0.05, 0.1) is 40.0 Å². The number of nitro groups is 1. The van der Waals surface area contributed by atoms with Crippen LogP contribution in [0.15, 0.2) is 98.3 Å². The van der Waals surface area contributed by atoms with Crippen LogP contribution >= 0.6 is 11.3 Å². The zero-order valence-electron chi connectivity index (χ0n) is 23.4. The summed E-state index contributed by atoms with van der Waals surface area (Å²) in [5.74, 6) is 0.567. The number of carbonyl (C=O) groups excluding carboxylic acids is 1. The third-order valence-electron chi connectivity index (χ3n) is 7.21. The summed E-state index contributed by atoms with van der Waals surface area (Å²) >= 11 is 1.15. The van der Waals surface area contributed by atoms with Gasteiger partial charge < -0.3 is 13.9 Å². The molecule has 216 valence electrons. The number of ether oxygens (including phenoxy) is 2. The maximum Gasteiger partial charge on any atom is 0.338 e.